The normalized spacial score (nSPS) is 8.50. The quantitative estimate of drug-likeness (QED) is 0.349. The van der Waals surface area contributed by atoms with E-state index in [9.17, 15) is 3.89 Å². The van der Waals surface area contributed by atoms with Gasteiger partial charge in [-0.2, -0.15) is 0 Å². The van der Waals surface area contributed by atoms with Crippen molar-refractivity contribution in [3.63, 3.8) is 0 Å². The molecular weight excluding hydrogens is 96.0 g/mol. The largest absolute Gasteiger partial charge is 0.419 e. The number of halogens is 1. The summed E-state index contributed by atoms with van der Waals surface area (Å²) in [5.74, 6) is 0. The minimum absolute atomic E-state index is 1.81. The highest BCUT2D eigenvalue weighted by atomic mass is 32.5. The van der Waals surface area contributed by atoms with Crippen LogP contribution in [0.15, 0.2) is 0 Å². The molecule has 1 N–H and O–H groups in total. The molecule has 0 saturated carbocycles. The van der Waals surface area contributed by atoms with Crippen molar-refractivity contribution in [3.8, 4) is 0 Å². The van der Waals surface area contributed by atoms with E-state index < -0.39 is 10.3 Å². The number of hydrogen-bond donors (Lipinski definition) is 1. The lowest BCUT2D eigenvalue weighted by Gasteiger charge is -1.69. The molecule has 4 heavy (non-hydrogen) atoms. The summed E-state index contributed by atoms with van der Waals surface area (Å²) >= 11 is 0. The Morgan fingerprint density at radius 3 is 2.00 bits per heavy atom. The van der Waals surface area contributed by atoms with Crippen LogP contribution in [0.2, 0.25) is 0 Å². The van der Waals surface area contributed by atoms with Crippen molar-refractivity contribution in [2.45, 2.75) is 0 Å². The van der Waals surface area contributed by atoms with Crippen LogP contribution in [0.1, 0.15) is 0 Å². The molecule has 0 unspecified atom stereocenters. The van der Waals surface area contributed by atoms with Crippen LogP contribution >= 0.6 is 8.02 Å². The lowest BCUT2D eigenvalue weighted by Crippen LogP contribution is -1.23. The third kappa shape index (κ3) is 31.4. The molecule has 4 heteroatoms. The second-order valence-electron chi connectivity index (χ2n) is 0.256. The van der Waals surface area contributed by atoms with E-state index in [-0.39, 0.29) is 0 Å². The highest BCUT2D eigenvalue weighted by molar-refractivity contribution is 8.04. The summed E-state index contributed by atoms with van der Waals surface area (Å²) < 4.78 is 16.5. The van der Waals surface area contributed by atoms with Gasteiger partial charge in [0.1, 0.15) is 0 Å². The van der Waals surface area contributed by atoms with Crippen LogP contribution in [-0.2, 0) is 10.3 Å². The zero-order chi connectivity index (χ0) is 3.58. The molecule has 0 spiro atoms. The highest BCUT2D eigenvalue weighted by Gasteiger charge is 1.14. The SMILES string of the molecule is N=[S-](F)=P. The molecule has 0 atom stereocenters. The second kappa shape index (κ2) is 1.68. The average molecular weight is 98.1 g/mol. The van der Waals surface area contributed by atoms with E-state index in [1.54, 1.807) is 0 Å². The Bertz CT molecular complexity index is 56.4. The molecule has 0 saturated heterocycles. The first-order chi connectivity index (χ1) is 1.73. The van der Waals surface area contributed by atoms with Crippen LogP contribution < -0.4 is 0 Å². The highest BCUT2D eigenvalue weighted by Crippen LogP contribution is 1.69. The van der Waals surface area contributed by atoms with Gasteiger partial charge in [0.05, 0.1) is 0 Å². The third-order valence-corrected chi connectivity index (χ3v) is 0. The lowest BCUT2D eigenvalue weighted by molar-refractivity contribution is 0.934. The number of hydrogen-bond acceptors (Lipinski definition) is 2. The van der Waals surface area contributed by atoms with Crippen molar-refractivity contribution >= 4 is 18.3 Å². The Morgan fingerprint density at radius 1 is 2.00 bits per heavy atom. The van der Waals surface area contributed by atoms with Crippen molar-refractivity contribution in [1.82, 2.24) is 0 Å². The Hall–Kier alpha value is 0.380. The van der Waals surface area contributed by atoms with Crippen molar-refractivity contribution in [2.75, 3.05) is 0 Å². The van der Waals surface area contributed by atoms with E-state index in [2.05, 4.69) is 8.02 Å². The fourth-order valence-electron chi connectivity index (χ4n) is 0. The topological polar surface area (TPSA) is 23.9 Å². The first-order valence-electron chi connectivity index (χ1n) is 0.563. The van der Waals surface area contributed by atoms with Crippen molar-refractivity contribution < 1.29 is 3.89 Å². The van der Waals surface area contributed by atoms with Gasteiger partial charge >= 0.3 is 0 Å². The van der Waals surface area contributed by atoms with Gasteiger partial charge in [-0.15, -0.1) is 0 Å². The second-order valence-corrected chi connectivity index (χ2v) is 1.84. The summed E-state index contributed by atoms with van der Waals surface area (Å²) in [5.41, 5.74) is 0. The van der Waals surface area contributed by atoms with E-state index in [1.165, 1.54) is 0 Å². The summed E-state index contributed by atoms with van der Waals surface area (Å²) in [5, 5.41) is 0. The Kier molecular flexibility index (Phi) is 1.84. The summed E-state index contributed by atoms with van der Waals surface area (Å²) in [6.07, 6.45) is 0. The predicted molar refractivity (Wildman–Crippen MR) is 19.5 cm³/mol. The molecule has 0 aliphatic heterocycles. The fraction of sp³-hybridized carbons (Fsp3) is 0. The standard InChI is InChI=1S/FH2NPS/c1-4(2)3/h2-3H/q-1. The molecule has 0 amide bonds. The molecule has 0 aliphatic rings. The lowest BCUT2D eigenvalue weighted by atomic mass is 14.0. The maximum atomic E-state index is 10.6. The van der Waals surface area contributed by atoms with Crippen LogP contribution in [0.5, 0.6) is 0 Å². The zero-order valence-corrected chi connectivity index (χ0v) is 3.60. The number of nitrogens with one attached hydrogen (secondary N) is 1. The molecule has 0 fully saturated rings. The van der Waals surface area contributed by atoms with Crippen LogP contribution in [-0.4, -0.2) is 0 Å². The van der Waals surface area contributed by atoms with Gasteiger partial charge in [0.25, 0.3) is 0 Å². The molecule has 0 rings (SSSR count). The van der Waals surface area contributed by atoms with E-state index in [0.29, 0.717) is 0 Å². The van der Waals surface area contributed by atoms with Crippen molar-refractivity contribution in [2.24, 2.45) is 0 Å². The van der Waals surface area contributed by atoms with Crippen LogP contribution in [0.4, 0.5) is 3.89 Å². The monoisotopic (exact) mass is 98.0 g/mol. The maximum absolute atomic E-state index is 10.6. The van der Waals surface area contributed by atoms with Crippen molar-refractivity contribution in [3.05, 3.63) is 0 Å². The van der Waals surface area contributed by atoms with Gasteiger partial charge in [-0.05, 0) is 0 Å². The molecule has 1 nitrogen and oxygen atoms in total. The first-order valence-corrected chi connectivity index (χ1v) is 2.91. The molecule has 26 valence electrons. The van der Waals surface area contributed by atoms with Crippen LogP contribution in [0.3, 0.4) is 0 Å². The minimum Gasteiger partial charge on any atom is -0.419 e. The van der Waals surface area contributed by atoms with Crippen LogP contribution in [0.25, 0.3) is 0 Å². The summed E-state index contributed by atoms with van der Waals surface area (Å²) in [4.78, 5) is 0. The van der Waals surface area contributed by atoms with E-state index in [4.69, 9.17) is 4.78 Å². The molecule has 0 aromatic heterocycles. The molecule has 0 heterocycles. The summed E-state index contributed by atoms with van der Waals surface area (Å²) in [7, 11) is 0.534. The van der Waals surface area contributed by atoms with Gasteiger partial charge in [0.2, 0.25) is 0 Å². The van der Waals surface area contributed by atoms with Crippen molar-refractivity contribution in [1.29, 1.82) is 4.78 Å². The molecule has 0 aliphatic carbocycles. The summed E-state index contributed by atoms with van der Waals surface area (Å²) in [6.45, 7) is 0. The zero-order valence-electron chi connectivity index (χ0n) is 1.79. The smallest absolute Gasteiger partial charge is 0.208 e. The van der Waals surface area contributed by atoms with E-state index in [0.717, 1.165) is 0 Å². The Morgan fingerprint density at radius 2 is 2.00 bits per heavy atom. The maximum Gasteiger partial charge on any atom is -0.208 e. The molecule has 0 aromatic carbocycles. The predicted octanol–water partition coefficient (Wildman–Crippen LogP) is 1.31. The minimum atomic E-state index is -1.81. The van der Waals surface area contributed by atoms with Gasteiger partial charge < -0.3 is 8.67 Å². The van der Waals surface area contributed by atoms with Gasteiger partial charge in [0, 0.05) is 0 Å². The first kappa shape index (κ1) is 4.38. The van der Waals surface area contributed by atoms with Gasteiger partial charge in [-0.1, -0.05) is 0 Å². The molecule has 0 radical (unpaired) electrons. The Labute approximate surface area is 27.9 Å². The van der Waals surface area contributed by atoms with Gasteiger partial charge in [0.15, 0.2) is 0 Å². The van der Waals surface area contributed by atoms with E-state index >= 15 is 0 Å². The summed E-state index contributed by atoms with van der Waals surface area (Å²) in [6, 6.07) is 0. The van der Waals surface area contributed by atoms with Gasteiger partial charge in [-0.25, -0.2) is 18.3 Å². The third-order valence-electron chi connectivity index (χ3n) is 0. The molecule has 0 bridgehead atoms. The molecule has 0 aromatic rings. The number of rotatable bonds is 0. The van der Waals surface area contributed by atoms with E-state index in [1.807, 2.05) is 0 Å². The Balaban J connectivity index is 3.51. The van der Waals surface area contributed by atoms with Crippen LogP contribution in [0, 0.1) is 4.78 Å². The molecular formula is H2FNPS-. The van der Waals surface area contributed by atoms with Gasteiger partial charge in [-0.3, -0.25) is 0 Å². The fourth-order valence-corrected chi connectivity index (χ4v) is 0. The average Bonchev–Trinajstić information content (AvgIpc) is 0.811.